The number of nitrogens with one attached hydrogen (secondary N) is 1. The summed E-state index contributed by atoms with van der Waals surface area (Å²) in [4.78, 5) is 22.8. The Labute approximate surface area is 148 Å². The molecule has 1 aliphatic rings. The van der Waals surface area contributed by atoms with Crippen LogP contribution in [0.3, 0.4) is 0 Å². The molecular formula is C18H17FN4OS. The summed E-state index contributed by atoms with van der Waals surface area (Å²) in [6.07, 6.45) is 2.28. The molecule has 3 aromatic rings. The predicted octanol–water partition coefficient (Wildman–Crippen LogP) is 2.77. The largest absolute Gasteiger partial charge is 0.351 e. The first-order chi connectivity index (χ1) is 12.2. The minimum Gasteiger partial charge on any atom is -0.351 e. The number of benzene rings is 1. The highest BCUT2D eigenvalue weighted by atomic mass is 32.1. The van der Waals surface area contributed by atoms with Gasteiger partial charge in [0.25, 0.3) is 0 Å². The lowest BCUT2D eigenvalue weighted by Crippen LogP contribution is -2.59. The summed E-state index contributed by atoms with van der Waals surface area (Å²) in [5.74, 6) is 0.627. The molecule has 1 N–H and O–H groups in total. The molecule has 0 bridgehead atoms. The Bertz CT molecular complexity index is 907. The van der Waals surface area contributed by atoms with Gasteiger partial charge in [0.15, 0.2) is 0 Å². The van der Waals surface area contributed by atoms with Gasteiger partial charge in [-0.05, 0) is 29.5 Å². The Balaban J connectivity index is 1.29. The minimum atomic E-state index is -0.256. The number of halogens is 1. The molecule has 7 heteroatoms. The van der Waals surface area contributed by atoms with Gasteiger partial charge in [0.2, 0.25) is 5.91 Å². The normalized spacial score (nSPS) is 14.5. The fourth-order valence-corrected chi connectivity index (χ4v) is 3.85. The standard InChI is InChI=1S/C18H17FN4OS/c19-14-4-2-1-3-12(14)5-6-16(24)22-13-9-23(10-13)18-17-15(7-8-25-17)20-11-21-18/h1-4,7-8,11,13H,5-6,9-10H2,(H,22,24). The van der Waals surface area contributed by atoms with Crippen molar-refractivity contribution in [1.82, 2.24) is 15.3 Å². The number of carbonyl (C=O) groups excluding carboxylic acids is 1. The van der Waals surface area contributed by atoms with Crippen molar-refractivity contribution in [3.8, 4) is 0 Å². The third-order valence-corrected chi connectivity index (χ3v) is 5.25. The van der Waals surface area contributed by atoms with Gasteiger partial charge in [-0.25, -0.2) is 14.4 Å². The zero-order valence-electron chi connectivity index (χ0n) is 13.5. The van der Waals surface area contributed by atoms with E-state index in [2.05, 4.69) is 20.2 Å². The van der Waals surface area contributed by atoms with Crippen LogP contribution in [0.1, 0.15) is 12.0 Å². The molecule has 1 saturated heterocycles. The second-order valence-corrected chi connectivity index (χ2v) is 7.01. The number of carbonyl (C=O) groups is 1. The molecule has 1 aromatic carbocycles. The number of nitrogens with zero attached hydrogens (tertiary/aromatic N) is 3. The van der Waals surface area contributed by atoms with Crippen molar-refractivity contribution >= 4 is 33.3 Å². The molecule has 0 radical (unpaired) electrons. The zero-order chi connectivity index (χ0) is 17.2. The highest BCUT2D eigenvalue weighted by Gasteiger charge is 2.30. The molecule has 0 aliphatic carbocycles. The van der Waals surface area contributed by atoms with Crippen LogP contribution in [0.25, 0.3) is 10.2 Å². The third kappa shape index (κ3) is 3.32. The van der Waals surface area contributed by atoms with Crippen molar-refractivity contribution in [2.75, 3.05) is 18.0 Å². The van der Waals surface area contributed by atoms with E-state index in [-0.39, 0.29) is 17.8 Å². The summed E-state index contributed by atoms with van der Waals surface area (Å²) in [5.41, 5.74) is 1.53. The molecule has 25 heavy (non-hydrogen) atoms. The lowest BCUT2D eigenvalue weighted by Gasteiger charge is -2.40. The van der Waals surface area contributed by atoms with Gasteiger partial charge < -0.3 is 10.2 Å². The van der Waals surface area contributed by atoms with Crippen molar-refractivity contribution in [2.45, 2.75) is 18.9 Å². The highest BCUT2D eigenvalue weighted by molar-refractivity contribution is 7.17. The van der Waals surface area contributed by atoms with Gasteiger partial charge >= 0.3 is 0 Å². The molecule has 1 fully saturated rings. The third-order valence-electron chi connectivity index (χ3n) is 4.35. The summed E-state index contributed by atoms with van der Waals surface area (Å²) in [7, 11) is 0. The number of hydrogen-bond acceptors (Lipinski definition) is 5. The molecular weight excluding hydrogens is 339 g/mol. The Morgan fingerprint density at radius 1 is 1.28 bits per heavy atom. The number of thiophene rings is 1. The van der Waals surface area contributed by atoms with Crippen molar-refractivity contribution in [3.63, 3.8) is 0 Å². The van der Waals surface area contributed by atoms with Crippen molar-refractivity contribution < 1.29 is 9.18 Å². The average Bonchev–Trinajstić information content (AvgIpc) is 3.06. The first-order valence-electron chi connectivity index (χ1n) is 8.16. The van der Waals surface area contributed by atoms with Crippen LogP contribution in [0.15, 0.2) is 42.0 Å². The molecule has 0 unspecified atom stereocenters. The summed E-state index contributed by atoms with van der Waals surface area (Å²) >= 11 is 1.62. The molecule has 2 aromatic heterocycles. The van der Waals surface area contributed by atoms with Gasteiger partial charge in [-0.15, -0.1) is 11.3 Å². The van der Waals surface area contributed by atoms with Gasteiger partial charge in [0.05, 0.1) is 16.3 Å². The highest BCUT2D eigenvalue weighted by Crippen LogP contribution is 2.30. The van der Waals surface area contributed by atoms with Crippen LogP contribution in [-0.2, 0) is 11.2 Å². The van der Waals surface area contributed by atoms with Crippen LogP contribution >= 0.6 is 11.3 Å². The van der Waals surface area contributed by atoms with Crippen molar-refractivity contribution in [1.29, 1.82) is 0 Å². The van der Waals surface area contributed by atoms with E-state index in [9.17, 15) is 9.18 Å². The summed E-state index contributed by atoms with van der Waals surface area (Å²) < 4.78 is 14.6. The van der Waals surface area contributed by atoms with Gasteiger partial charge in [-0.1, -0.05) is 18.2 Å². The van der Waals surface area contributed by atoms with Crippen LogP contribution in [-0.4, -0.2) is 35.0 Å². The number of aromatic nitrogens is 2. The minimum absolute atomic E-state index is 0.0446. The number of aryl methyl sites for hydroxylation is 1. The maximum atomic E-state index is 13.6. The SMILES string of the molecule is O=C(CCc1ccccc1F)NC1CN(c2ncnc3ccsc23)C1. The molecule has 128 valence electrons. The first-order valence-corrected chi connectivity index (χ1v) is 9.04. The van der Waals surface area contributed by atoms with Gasteiger partial charge in [0, 0.05) is 19.5 Å². The number of anilines is 1. The lowest BCUT2D eigenvalue weighted by atomic mass is 10.1. The van der Waals surface area contributed by atoms with E-state index in [0.717, 1.165) is 29.1 Å². The van der Waals surface area contributed by atoms with Crippen LogP contribution in [0.5, 0.6) is 0 Å². The second kappa shape index (κ2) is 6.76. The topological polar surface area (TPSA) is 58.1 Å². The van der Waals surface area contributed by atoms with Crippen LogP contribution < -0.4 is 10.2 Å². The molecule has 1 aliphatic heterocycles. The average molecular weight is 356 g/mol. The zero-order valence-corrected chi connectivity index (χ0v) is 14.3. The number of amides is 1. The maximum Gasteiger partial charge on any atom is 0.220 e. The Morgan fingerprint density at radius 2 is 2.12 bits per heavy atom. The first kappa shape index (κ1) is 16.0. The predicted molar refractivity (Wildman–Crippen MR) is 96.3 cm³/mol. The van der Waals surface area contributed by atoms with Crippen molar-refractivity contribution in [3.05, 3.63) is 53.4 Å². The lowest BCUT2D eigenvalue weighted by molar-refractivity contribution is -0.121. The van der Waals surface area contributed by atoms with E-state index in [1.807, 2.05) is 11.4 Å². The fraction of sp³-hybridized carbons (Fsp3) is 0.278. The maximum absolute atomic E-state index is 13.6. The van der Waals surface area contributed by atoms with Crippen LogP contribution in [0.2, 0.25) is 0 Å². The van der Waals surface area contributed by atoms with Gasteiger partial charge in [-0.3, -0.25) is 4.79 Å². The number of rotatable bonds is 5. The monoisotopic (exact) mass is 356 g/mol. The Kier molecular flexibility index (Phi) is 4.31. The fourth-order valence-electron chi connectivity index (χ4n) is 2.99. The molecule has 4 rings (SSSR count). The van der Waals surface area contributed by atoms with E-state index >= 15 is 0 Å². The van der Waals surface area contributed by atoms with E-state index in [0.29, 0.717) is 18.4 Å². The molecule has 0 atom stereocenters. The van der Waals surface area contributed by atoms with E-state index in [1.165, 1.54) is 6.07 Å². The molecule has 0 saturated carbocycles. The molecule has 5 nitrogen and oxygen atoms in total. The smallest absolute Gasteiger partial charge is 0.220 e. The van der Waals surface area contributed by atoms with Crippen molar-refractivity contribution in [2.24, 2.45) is 0 Å². The van der Waals surface area contributed by atoms with E-state index < -0.39 is 0 Å². The van der Waals surface area contributed by atoms with Gasteiger partial charge in [0.1, 0.15) is 18.0 Å². The number of hydrogen-bond donors (Lipinski definition) is 1. The Morgan fingerprint density at radius 3 is 2.96 bits per heavy atom. The van der Waals surface area contributed by atoms with Crippen LogP contribution in [0.4, 0.5) is 10.2 Å². The van der Waals surface area contributed by atoms with E-state index in [4.69, 9.17) is 0 Å². The Hall–Kier alpha value is -2.54. The second-order valence-electron chi connectivity index (χ2n) is 6.09. The quantitative estimate of drug-likeness (QED) is 0.764. The molecule has 0 spiro atoms. The number of fused-ring (bicyclic) bond motifs is 1. The van der Waals surface area contributed by atoms with Crippen LogP contribution in [0, 0.1) is 5.82 Å². The van der Waals surface area contributed by atoms with E-state index in [1.54, 1.807) is 35.9 Å². The van der Waals surface area contributed by atoms with Gasteiger partial charge in [-0.2, -0.15) is 0 Å². The summed E-state index contributed by atoms with van der Waals surface area (Å²) in [6.45, 7) is 1.46. The molecule has 3 heterocycles. The molecule has 1 amide bonds. The summed E-state index contributed by atoms with van der Waals surface area (Å²) in [5, 5.41) is 5.01. The summed E-state index contributed by atoms with van der Waals surface area (Å²) in [6, 6.07) is 8.66.